The van der Waals surface area contributed by atoms with E-state index in [9.17, 15) is 4.79 Å². The van der Waals surface area contributed by atoms with Gasteiger partial charge in [-0.25, -0.2) is 0 Å². The molecule has 2 rings (SSSR count). The van der Waals surface area contributed by atoms with Gasteiger partial charge in [0.2, 0.25) is 0 Å². The van der Waals surface area contributed by atoms with Crippen LogP contribution in [0.4, 0.5) is 5.69 Å². The van der Waals surface area contributed by atoms with Crippen LogP contribution in [-0.4, -0.2) is 12.5 Å². The summed E-state index contributed by atoms with van der Waals surface area (Å²) in [5.41, 5.74) is 2.31. The molecule has 0 unspecified atom stereocenters. The van der Waals surface area contributed by atoms with Gasteiger partial charge in [0.15, 0.2) is 0 Å². The number of carbonyl (C=O) groups excluding carboxylic acids is 1. The minimum absolute atomic E-state index is 0.0712. The van der Waals surface area contributed by atoms with Crippen molar-refractivity contribution in [2.45, 2.75) is 20.4 Å². The second kappa shape index (κ2) is 8.23. The molecule has 0 spiro atoms. The Bertz CT molecular complexity index is 666. The zero-order chi connectivity index (χ0) is 16.8. The molecule has 0 aliphatic carbocycles. The third kappa shape index (κ3) is 5.15. The number of hydrogen-bond acceptors (Lipinski definition) is 2. The summed E-state index contributed by atoms with van der Waals surface area (Å²) in [6.07, 6.45) is 0. The van der Waals surface area contributed by atoms with Crippen molar-refractivity contribution in [1.29, 1.82) is 0 Å². The monoisotopic (exact) mass is 350 g/mol. The maximum absolute atomic E-state index is 12.1. The summed E-state index contributed by atoms with van der Waals surface area (Å²) >= 11 is 12.3. The number of amides is 1. The number of hydrogen-bond donors (Lipinski definition) is 2. The van der Waals surface area contributed by atoms with Gasteiger partial charge >= 0.3 is 0 Å². The Labute approximate surface area is 147 Å². The van der Waals surface area contributed by atoms with E-state index >= 15 is 0 Å². The summed E-state index contributed by atoms with van der Waals surface area (Å²) in [6, 6.07) is 12.8. The molecule has 2 aromatic carbocycles. The van der Waals surface area contributed by atoms with Crippen LogP contribution < -0.4 is 10.6 Å². The van der Waals surface area contributed by atoms with E-state index in [-0.39, 0.29) is 5.91 Å². The number of carbonyl (C=O) groups is 1. The second-order valence-corrected chi connectivity index (χ2v) is 6.55. The molecule has 1 amide bonds. The maximum atomic E-state index is 12.1. The van der Waals surface area contributed by atoms with Gasteiger partial charge in [0.05, 0.1) is 0 Å². The van der Waals surface area contributed by atoms with Gasteiger partial charge in [-0.15, -0.1) is 0 Å². The number of rotatable bonds is 6. The molecular weight excluding hydrogens is 331 g/mol. The van der Waals surface area contributed by atoms with Gasteiger partial charge in [-0.1, -0.05) is 49.2 Å². The number of benzene rings is 2. The molecule has 2 aromatic rings. The van der Waals surface area contributed by atoms with Gasteiger partial charge in [-0.3, -0.25) is 4.79 Å². The van der Waals surface area contributed by atoms with Crippen LogP contribution in [0.5, 0.6) is 0 Å². The van der Waals surface area contributed by atoms with E-state index in [1.165, 1.54) is 0 Å². The summed E-state index contributed by atoms with van der Waals surface area (Å²) in [5.74, 6) is 0.348. The molecule has 3 nitrogen and oxygen atoms in total. The lowest BCUT2D eigenvalue weighted by Gasteiger charge is -2.12. The van der Waals surface area contributed by atoms with Crippen LogP contribution in [0.25, 0.3) is 0 Å². The first kappa shape index (κ1) is 17.6. The van der Waals surface area contributed by atoms with Gasteiger partial charge in [-0.2, -0.15) is 0 Å². The standard InChI is InChI=1S/C18H20Cl2N2O/c1-12(2)10-22-18(23)13-5-3-6-14(9-13)21-11-15-16(19)7-4-8-17(15)20/h3-9,12,21H,10-11H2,1-2H3,(H,22,23). The average molecular weight is 351 g/mol. The van der Waals surface area contributed by atoms with Crippen LogP contribution in [0.1, 0.15) is 29.8 Å². The number of halogens is 2. The third-order valence-corrected chi connectivity index (χ3v) is 4.03. The Morgan fingerprint density at radius 2 is 1.74 bits per heavy atom. The summed E-state index contributed by atoms with van der Waals surface area (Å²) < 4.78 is 0. The van der Waals surface area contributed by atoms with Crippen molar-refractivity contribution in [3.8, 4) is 0 Å². The second-order valence-electron chi connectivity index (χ2n) is 5.74. The predicted octanol–water partition coefficient (Wildman–Crippen LogP) is 4.99. The van der Waals surface area contributed by atoms with E-state index in [4.69, 9.17) is 23.2 Å². The lowest BCUT2D eigenvalue weighted by molar-refractivity contribution is 0.0949. The van der Waals surface area contributed by atoms with Crippen LogP contribution in [-0.2, 0) is 6.54 Å². The quantitative estimate of drug-likeness (QED) is 0.770. The largest absolute Gasteiger partial charge is 0.381 e. The predicted molar refractivity (Wildman–Crippen MR) is 97.4 cm³/mol. The van der Waals surface area contributed by atoms with Crippen molar-refractivity contribution < 1.29 is 4.79 Å². The lowest BCUT2D eigenvalue weighted by atomic mass is 10.1. The zero-order valence-corrected chi connectivity index (χ0v) is 14.7. The molecule has 0 fully saturated rings. The van der Waals surface area contributed by atoms with Crippen molar-refractivity contribution in [1.82, 2.24) is 5.32 Å². The van der Waals surface area contributed by atoms with Crippen LogP contribution in [0.3, 0.4) is 0 Å². The molecule has 122 valence electrons. The van der Waals surface area contributed by atoms with Gasteiger partial charge in [-0.05, 0) is 36.2 Å². The number of anilines is 1. The first-order valence-electron chi connectivity index (χ1n) is 7.52. The van der Waals surface area contributed by atoms with Crippen LogP contribution in [0.2, 0.25) is 10.0 Å². The summed E-state index contributed by atoms with van der Waals surface area (Å²) in [4.78, 5) is 12.1. The molecule has 0 aromatic heterocycles. The zero-order valence-electron chi connectivity index (χ0n) is 13.2. The lowest BCUT2D eigenvalue weighted by Crippen LogP contribution is -2.27. The highest BCUT2D eigenvalue weighted by Crippen LogP contribution is 2.25. The topological polar surface area (TPSA) is 41.1 Å². The Morgan fingerprint density at radius 3 is 2.39 bits per heavy atom. The SMILES string of the molecule is CC(C)CNC(=O)c1cccc(NCc2c(Cl)cccc2Cl)c1. The fourth-order valence-electron chi connectivity index (χ4n) is 2.06. The van der Waals surface area contributed by atoms with Crippen LogP contribution >= 0.6 is 23.2 Å². The Balaban J connectivity index is 2.04. The van der Waals surface area contributed by atoms with Gasteiger partial charge in [0, 0.05) is 39.9 Å². The van der Waals surface area contributed by atoms with Crippen molar-refractivity contribution >= 4 is 34.8 Å². The molecule has 0 heterocycles. The van der Waals surface area contributed by atoms with E-state index in [0.29, 0.717) is 34.6 Å². The highest BCUT2D eigenvalue weighted by atomic mass is 35.5. The van der Waals surface area contributed by atoms with Gasteiger partial charge < -0.3 is 10.6 Å². The molecule has 0 saturated heterocycles. The summed E-state index contributed by atoms with van der Waals surface area (Å²) in [5, 5.41) is 7.40. The van der Waals surface area contributed by atoms with Gasteiger partial charge in [0.1, 0.15) is 0 Å². The minimum atomic E-state index is -0.0712. The van der Waals surface area contributed by atoms with Crippen molar-refractivity contribution in [3.05, 3.63) is 63.6 Å². The molecule has 23 heavy (non-hydrogen) atoms. The van der Waals surface area contributed by atoms with Crippen molar-refractivity contribution in [3.63, 3.8) is 0 Å². The van der Waals surface area contributed by atoms with E-state index < -0.39 is 0 Å². The molecule has 2 N–H and O–H groups in total. The van der Waals surface area contributed by atoms with Crippen LogP contribution in [0.15, 0.2) is 42.5 Å². The average Bonchev–Trinajstić information content (AvgIpc) is 2.52. The summed E-state index contributed by atoms with van der Waals surface area (Å²) in [6.45, 7) is 5.28. The maximum Gasteiger partial charge on any atom is 0.251 e. The van der Waals surface area contributed by atoms with E-state index in [0.717, 1.165) is 11.3 Å². The fourth-order valence-corrected chi connectivity index (χ4v) is 2.59. The van der Waals surface area contributed by atoms with E-state index in [1.54, 1.807) is 18.2 Å². The molecule has 0 atom stereocenters. The third-order valence-electron chi connectivity index (χ3n) is 3.33. The molecule has 0 radical (unpaired) electrons. The van der Waals surface area contributed by atoms with E-state index in [1.807, 2.05) is 24.3 Å². The number of nitrogens with one attached hydrogen (secondary N) is 2. The first-order chi connectivity index (χ1) is 11.0. The minimum Gasteiger partial charge on any atom is -0.381 e. The summed E-state index contributed by atoms with van der Waals surface area (Å²) in [7, 11) is 0. The normalized spacial score (nSPS) is 10.7. The highest BCUT2D eigenvalue weighted by molar-refractivity contribution is 6.36. The Morgan fingerprint density at radius 1 is 1.09 bits per heavy atom. The molecule has 5 heteroatoms. The van der Waals surface area contributed by atoms with Crippen molar-refractivity contribution in [2.75, 3.05) is 11.9 Å². The van der Waals surface area contributed by atoms with Gasteiger partial charge in [0.25, 0.3) is 5.91 Å². The smallest absolute Gasteiger partial charge is 0.251 e. The first-order valence-corrected chi connectivity index (χ1v) is 8.28. The molecule has 0 aliphatic heterocycles. The molecular formula is C18H20Cl2N2O. The molecule has 0 saturated carbocycles. The fraction of sp³-hybridized carbons (Fsp3) is 0.278. The van der Waals surface area contributed by atoms with Crippen LogP contribution in [0, 0.1) is 5.92 Å². The van der Waals surface area contributed by atoms with Crippen molar-refractivity contribution in [2.24, 2.45) is 5.92 Å². The molecule has 0 bridgehead atoms. The highest BCUT2D eigenvalue weighted by Gasteiger charge is 2.08. The molecule has 0 aliphatic rings. The Hall–Kier alpha value is -1.71. The Kier molecular flexibility index (Phi) is 6.31. The van der Waals surface area contributed by atoms with E-state index in [2.05, 4.69) is 24.5 Å².